The lowest BCUT2D eigenvalue weighted by atomic mass is 9.89. The fraction of sp³-hybridized carbons (Fsp3) is 0.320. The summed E-state index contributed by atoms with van der Waals surface area (Å²) >= 11 is 0. The molecule has 166 valence electrons. The normalized spacial score (nSPS) is 16.7. The fourth-order valence-corrected chi connectivity index (χ4v) is 4.24. The molecule has 0 saturated carbocycles. The molecule has 1 aliphatic rings. The molecule has 2 aromatic carbocycles. The number of piperidine rings is 1. The minimum Gasteiger partial charge on any atom is -0.366 e. The van der Waals surface area contributed by atoms with Crippen molar-refractivity contribution in [2.45, 2.75) is 25.3 Å². The number of hydrogen-bond donors (Lipinski definition) is 1. The van der Waals surface area contributed by atoms with E-state index in [2.05, 4.69) is 9.88 Å². The third-order valence-electron chi connectivity index (χ3n) is 5.93. The van der Waals surface area contributed by atoms with Gasteiger partial charge in [0.25, 0.3) is 0 Å². The topological polar surface area (TPSA) is 75.4 Å². The van der Waals surface area contributed by atoms with Crippen molar-refractivity contribution < 1.29 is 9.18 Å². The van der Waals surface area contributed by atoms with Crippen LogP contribution in [0.15, 0.2) is 54.7 Å². The number of nitrogens with zero attached hydrogens (tertiary/aromatic N) is 4. The van der Waals surface area contributed by atoms with Gasteiger partial charge in [-0.2, -0.15) is 0 Å². The van der Waals surface area contributed by atoms with Gasteiger partial charge >= 0.3 is 0 Å². The molecule has 0 bridgehead atoms. The van der Waals surface area contributed by atoms with Crippen LogP contribution in [-0.2, 0) is 6.54 Å². The van der Waals surface area contributed by atoms with E-state index >= 15 is 0 Å². The maximum absolute atomic E-state index is 14.2. The highest BCUT2D eigenvalue weighted by molar-refractivity contribution is 5.93. The molecule has 1 atom stereocenters. The van der Waals surface area contributed by atoms with Crippen molar-refractivity contribution in [2.75, 3.05) is 32.1 Å². The van der Waals surface area contributed by atoms with Crippen LogP contribution in [0, 0.1) is 5.82 Å². The summed E-state index contributed by atoms with van der Waals surface area (Å²) in [5.41, 5.74) is 9.45. The first-order chi connectivity index (χ1) is 15.4. The predicted octanol–water partition coefficient (Wildman–Crippen LogP) is 3.83. The third kappa shape index (κ3) is 4.78. The molecule has 6 nitrogen and oxygen atoms in total. The number of primary amides is 1. The van der Waals surface area contributed by atoms with E-state index in [0.717, 1.165) is 42.8 Å². The van der Waals surface area contributed by atoms with E-state index < -0.39 is 5.91 Å². The first kappa shape index (κ1) is 21.9. The molecule has 0 spiro atoms. The zero-order chi connectivity index (χ0) is 22.7. The molecule has 7 heteroatoms. The lowest BCUT2D eigenvalue weighted by molar-refractivity contribution is 0.100. The van der Waals surface area contributed by atoms with Crippen LogP contribution in [0.4, 0.5) is 10.3 Å². The van der Waals surface area contributed by atoms with Gasteiger partial charge in [-0.05, 0) is 43.1 Å². The van der Waals surface area contributed by atoms with Crippen LogP contribution in [0.25, 0.3) is 11.1 Å². The number of likely N-dealkylation sites (tertiary alicyclic amines) is 1. The van der Waals surface area contributed by atoms with Gasteiger partial charge in [0, 0.05) is 56.0 Å². The van der Waals surface area contributed by atoms with Crippen molar-refractivity contribution in [2.24, 2.45) is 5.73 Å². The van der Waals surface area contributed by atoms with E-state index in [1.165, 1.54) is 6.07 Å². The molecule has 1 saturated heterocycles. The molecule has 3 aromatic rings. The quantitative estimate of drug-likeness (QED) is 0.640. The molecular weight excluding hydrogens is 405 g/mol. The molecule has 1 fully saturated rings. The maximum atomic E-state index is 14.2. The highest BCUT2D eigenvalue weighted by Gasteiger charge is 2.26. The van der Waals surface area contributed by atoms with Crippen LogP contribution in [0.1, 0.15) is 40.4 Å². The number of carbonyl (C=O) groups is 1. The van der Waals surface area contributed by atoms with E-state index in [1.54, 1.807) is 18.2 Å². The average molecular weight is 434 g/mol. The number of carbonyl (C=O) groups excluding carboxylic acids is 1. The predicted molar refractivity (Wildman–Crippen MR) is 124 cm³/mol. The summed E-state index contributed by atoms with van der Waals surface area (Å²) in [6, 6.07) is 14.2. The minimum absolute atomic E-state index is 0.165. The van der Waals surface area contributed by atoms with Crippen molar-refractivity contribution in [1.29, 1.82) is 0 Å². The number of hydrogen-bond acceptors (Lipinski definition) is 5. The zero-order valence-electron chi connectivity index (χ0n) is 18.5. The summed E-state index contributed by atoms with van der Waals surface area (Å²) in [5, 5.41) is 0. The van der Waals surface area contributed by atoms with Gasteiger partial charge in [0.2, 0.25) is 11.9 Å². The van der Waals surface area contributed by atoms with Crippen LogP contribution >= 0.6 is 0 Å². The van der Waals surface area contributed by atoms with E-state index in [9.17, 15) is 9.18 Å². The van der Waals surface area contributed by atoms with Crippen molar-refractivity contribution in [3.05, 3.63) is 77.4 Å². The number of nitrogens with two attached hydrogens (primary N) is 1. The Balaban J connectivity index is 1.65. The van der Waals surface area contributed by atoms with Crippen LogP contribution < -0.4 is 10.6 Å². The minimum atomic E-state index is -0.452. The number of halogens is 1. The Bertz CT molecular complexity index is 1100. The van der Waals surface area contributed by atoms with Crippen LogP contribution in [0.5, 0.6) is 0 Å². The summed E-state index contributed by atoms with van der Waals surface area (Å²) in [7, 11) is 3.84. The van der Waals surface area contributed by atoms with E-state index in [0.29, 0.717) is 23.6 Å². The summed E-state index contributed by atoms with van der Waals surface area (Å²) < 4.78 is 14.2. The second-order valence-electron chi connectivity index (χ2n) is 8.47. The van der Waals surface area contributed by atoms with Crippen LogP contribution in [-0.4, -0.2) is 48.0 Å². The number of anilines is 1. The van der Waals surface area contributed by atoms with Gasteiger partial charge in [-0.3, -0.25) is 9.69 Å². The van der Waals surface area contributed by atoms with Crippen LogP contribution in [0.3, 0.4) is 0 Å². The van der Waals surface area contributed by atoms with Gasteiger partial charge in [-0.15, -0.1) is 0 Å². The van der Waals surface area contributed by atoms with Crippen molar-refractivity contribution in [3.8, 4) is 11.1 Å². The summed E-state index contributed by atoms with van der Waals surface area (Å²) in [4.78, 5) is 25.1. The van der Waals surface area contributed by atoms with Gasteiger partial charge in [0.1, 0.15) is 5.82 Å². The molecule has 1 amide bonds. The molecule has 0 unspecified atom stereocenters. The highest BCUT2D eigenvalue weighted by atomic mass is 19.1. The molecule has 0 aliphatic carbocycles. The van der Waals surface area contributed by atoms with Crippen molar-refractivity contribution in [3.63, 3.8) is 0 Å². The summed E-state index contributed by atoms with van der Waals surface area (Å²) in [6.07, 6.45) is 3.87. The highest BCUT2D eigenvalue weighted by Crippen LogP contribution is 2.34. The summed E-state index contributed by atoms with van der Waals surface area (Å²) in [5.74, 6) is 0.237. The first-order valence-corrected chi connectivity index (χ1v) is 10.8. The second kappa shape index (κ2) is 9.44. The summed E-state index contributed by atoms with van der Waals surface area (Å²) in [6.45, 7) is 2.31. The third-order valence-corrected chi connectivity index (χ3v) is 5.93. The van der Waals surface area contributed by atoms with Gasteiger partial charge in [-0.25, -0.2) is 14.4 Å². The van der Waals surface area contributed by atoms with Gasteiger partial charge in [0.15, 0.2) is 0 Å². The van der Waals surface area contributed by atoms with E-state index in [-0.39, 0.29) is 11.7 Å². The number of benzene rings is 2. The Kier molecular flexibility index (Phi) is 6.46. The Morgan fingerprint density at radius 1 is 1.19 bits per heavy atom. The Morgan fingerprint density at radius 3 is 2.62 bits per heavy atom. The molecular formula is C25H28FN5O. The maximum Gasteiger partial charge on any atom is 0.248 e. The van der Waals surface area contributed by atoms with E-state index in [1.807, 2.05) is 49.5 Å². The molecule has 32 heavy (non-hydrogen) atoms. The SMILES string of the molecule is CN(C)c1ncc(-c2ccc(C(N)=O)cc2)c([C@@H]2CCCN(Cc3ccccc3F)C2)n1. The van der Waals surface area contributed by atoms with Gasteiger partial charge in [-0.1, -0.05) is 30.3 Å². The molecule has 2 heterocycles. The Labute approximate surface area is 187 Å². The standard InChI is InChI=1S/C25H28FN5O/c1-30(2)25-28-14-21(17-9-11-18(12-10-17)24(27)32)23(29-25)20-7-5-13-31(16-20)15-19-6-3-4-8-22(19)26/h3-4,6,8-12,14,20H,5,7,13,15-16H2,1-2H3,(H2,27,32)/t20-/m1/s1. The lowest BCUT2D eigenvalue weighted by Gasteiger charge is -2.33. The first-order valence-electron chi connectivity index (χ1n) is 10.8. The number of aromatic nitrogens is 2. The van der Waals surface area contributed by atoms with Crippen molar-refractivity contribution >= 4 is 11.9 Å². The molecule has 1 aliphatic heterocycles. The monoisotopic (exact) mass is 433 g/mol. The van der Waals surface area contributed by atoms with Gasteiger partial charge < -0.3 is 10.6 Å². The average Bonchev–Trinajstić information content (AvgIpc) is 2.80. The molecule has 1 aromatic heterocycles. The Hall–Kier alpha value is -3.32. The van der Waals surface area contributed by atoms with Gasteiger partial charge in [0.05, 0.1) is 5.69 Å². The van der Waals surface area contributed by atoms with Crippen LogP contribution in [0.2, 0.25) is 0 Å². The number of amides is 1. The number of rotatable bonds is 6. The lowest BCUT2D eigenvalue weighted by Crippen LogP contribution is -2.34. The van der Waals surface area contributed by atoms with Crippen molar-refractivity contribution in [1.82, 2.24) is 14.9 Å². The molecule has 2 N–H and O–H groups in total. The molecule has 0 radical (unpaired) electrons. The fourth-order valence-electron chi connectivity index (χ4n) is 4.24. The molecule has 4 rings (SSSR count). The zero-order valence-corrected chi connectivity index (χ0v) is 18.5. The smallest absolute Gasteiger partial charge is 0.248 e. The second-order valence-corrected chi connectivity index (χ2v) is 8.47. The Morgan fingerprint density at radius 2 is 1.94 bits per heavy atom. The van der Waals surface area contributed by atoms with E-state index in [4.69, 9.17) is 10.7 Å². The largest absolute Gasteiger partial charge is 0.366 e.